The highest BCUT2D eigenvalue weighted by Crippen LogP contribution is 2.26. The summed E-state index contributed by atoms with van der Waals surface area (Å²) in [6, 6.07) is 8.83. The molecule has 0 atom stereocenters. The maximum Gasteiger partial charge on any atom is 0.573 e. The van der Waals surface area contributed by atoms with Crippen molar-refractivity contribution in [1.82, 2.24) is 4.57 Å². The number of ether oxygens (including phenoxy) is 1. The molecule has 21 heavy (non-hydrogen) atoms. The number of aryl methyl sites for hydroxylation is 1. The number of halogens is 3. The van der Waals surface area contributed by atoms with Crippen molar-refractivity contribution in [3.8, 4) is 5.75 Å². The first-order chi connectivity index (χ1) is 9.85. The van der Waals surface area contributed by atoms with Gasteiger partial charge in [-0.15, -0.1) is 13.2 Å². The fraction of sp³-hybridized carbons (Fsp3) is 0.214. The Kier molecular flexibility index (Phi) is 4.21. The largest absolute Gasteiger partial charge is 0.573 e. The minimum atomic E-state index is -4.73. The number of para-hydroxylation sites is 1. The van der Waals surface area contributed by atoms with Crippen LogP contribution in [0.3, 0.4) is 0 Å². The molecule has 1 heterocycles. The second kappa shape index (κ2) is 5.90. The number of aromatic nitrogens is 1. The van der Waals surface area contributed by atoms with E-state index in [0.717, 1.165) is 0 Å². The van der Waals surface area contributed by atoms with E-state index in [-0.39, 0.29) is 17.9 Å². The van der Waals surface area contributed by atoms with Crippen LogP contribution in [0.4, 0.5) is 18.9 Å². The number of benzene rings is 1. The Bertz CT molecular complexity index is 680. The molecule has 7 heteroatoms. The molecule has 2 aromatic rings. The van der Waals surface area contributed by atoms with E-state index in [4.69, 9.17) is 0 Å². The van der Waals surface area contributed by atoms with E-state index in [9.17, 15) is 18.0 Å². The molecule has 1 aromatic carbocycles. The van der Waals surface area contributed by atoms with Crippen LogP contribution in [-0.2, 0) is 13.6 Å². The first-order valence-corrected chi connectivity index (χ1v) is 6.09. The lowest BCUT2D eigenvalue weighted by Crippen LogP contribution is -2.19. The Hall–Kier alpha value is -2.44. The van der Waals surface area contributed by atoms with Crippen molar-refractivity contribution in [3.63, 3.8) is 0 Å². The summed E-state index contributed by atoms with van der Waals surface area (Å²) in [5, 5.41) is 2.95. The van der Waals surface area contributed by atoms with Gasteiger partial charge in [0.25, 0.3) is 0 Å². The third-order valence-electron chi connectivity index (χ3n) is 2.77. The minimum Gasteiger partial charge on any atom is -0.405 e. The molecule has 0 bridgehead atoms. The molecule has 0 aliphatic rings. The normalized spacial score (nSPS) is 11.2. The Labute approximate surface area is 118 Å². The molecule has 0 radical (unpaired) electrons. The van der Waals surface area contributed by atoms with Gasteiger partial charge in [0.15, 0.2) is 0 Å². The molecule has 0 unspecified atom stereocenters. The Balaban J connectivity index is 2.12. The molecule has 0 fully saturated rings. The molecule has 0 saturated carbocycles. The number of pyridine rings is 1. The summed E-state index contributed by atoms with van der Waals surface area (Å²) in [6.45, 7) is 0.143. The summed E-state index contributed by atoms with van der Waals surface area (Å²) in [5.41, 5.74) is 0.823. The van der Waals surface area contributed by atoms with Gasteiger partial charge in [-0.1, -0.05) is 18.2 Å². The van der Waals surface area contributed by atoms with E-state index < -0.39 is 6.36 Å². The van der Waals surface area contributed by atoms with Crippen LogP contribution >= 0.6 is 0 Å². The molecule has 0 spiro atoms. The van der Waals surface area contributed by atoms with Crippen LogP contribution in [0, 0.1) is 0 Å². The molecule has 112 valence electrons. The van der Waals surface area contributed by atoms with Crippen molar-refractivity contribution in [1.29, 1.82) is 0 Å². The number of rotatable bonds is 4. The van der Waals surface area contributed by atoms with Crippen molar-refractivity contribution in [2.75, 3.05) is 5.32 Å². The Morgan fingerprint density at radius 2 is 1.90 bits per heavy atom. The van der Waals surface area contributed by atoms with Crippen molar-refractivity contribution >= 4 is 5.69 Å². The molecule has 0 aliphatic heterocycles. The summed E-state index contributed by atoms with van der Waals surface area (Å²) in [4.78, 5) is 11.2. The van der Waals surface area contributed by atoms with Gasteiger partial charge in [-0.2, -0.15) is 0 Å². The fourth-order valence-electron chi connectivity index (χ4n) is 1.77. The summed E-state index contributed by atoms with van der Waals surface area (Å²) >= 11 is 0. The van der Waals surface area contributed by atoms with Crippen molar-refractivity contribution < 1.29 is 17.9 Å². The van der Waals surface area contributed by atoms with E-state index in [2.05, 4.69) is 10.1 Å². The highest BCUT2D eigenvalue weighted by Gasteiger charge is 2.31. The highest BCUT2D eigenvalue weighted by molar-refractivity contribution is 5.43. The van der Waals surface area contributed by atoms with Gasteiger partial charge in [0, 0.05) is 31.4 Å². The zero-order valence-electron chi connectivity index (χ0n) is 11.1. The van der Waals surface area contributed by atoms with Crippen molar-refractivity contribution in [2.45, 2.75) is 12.9 Å². The van der Waals surface area contributed by atoms with Gasteiger partial charge in [-0.3, -0.25) is 4.79 Å². The average Bonchev–Trinajstić information content (AvgIpc) is 2.40. The van der Waals surface area contributed by atoms with Crippen LogP contribution in [0.1, 0.15) is 5.56 Å². The minimum absolute atomic E-state index is 0.143. The van der Waals surface area contributed by atoms with Gasteiger partial charge in [-0.05, 0) is 12.1 Å². The van der Waals surface area contributed by atoms with Crippen molar-refractivity contribution in [2.24, 2.45) is 7.05 Å². The molecular weight excluding hydrogens is 285 g/mol. The zero-order chi connectivity index (χ0) is 15.5. The van der Waals surface area contributed by atoms with Crippen LogP contribution in [0.25, 0.3) is 0 Å². The van der Waals surface area contributed by atoms with Crippen LogP contribution in [0.5, 0.6) is 5.75 Å². The number of anilines is 1. The first-order valence-electron chi connectivity index (χ1n) is 6.09. The van der Waals surface area contributed by atoms with Gasteiger partial charge in [0.1, 0.15) is 5.75 Å². The molecular formula is C14H13F3N2O2. The number of nitrogens with one attached hydrogen (secondary N) is 1. The van der Waals surface area contributed by atoms with Crippen molar-refractivity contribution in [3.05, 3.63) is 58.5 Å². The quantitative estimate of drug-likeness (QED) is 0.944. The third kappa shape index (κ3) is 4.27. The maximum atomic E-state index is 12.3. The molecule has 0 aliphatic carbocycles. The number of alkyl halides is 3. The number of nitrogens with zero attached hydrogens (tertiary/aromatic N) is 1. The fourth-order valence-corrected chi connectivity index (χ4v) is 1.77. The van der Waals surface area contributed by atoms with Crippen LogP contribution < -0.4 is 15.6 Å². The van der Waals surface area contributed by atoms with Crippen LogP contribution in [-0.4, -0.2) is 10.9 Å². The molecule has 0 amide bonds. The monoisotopic (exact) mass is 298 g/mol. The maximum absolute atomic E-state index is 12.3. The summed E-state index contributed by atoms with van der Waals surface area (Å²) in [6.07, 6.45) is -3.16. The lowest BCUT2D eigenvalue weighted by Gasteiger charge is -2.14. The Morgan fingerprint density at radius 1 is 1.19 bits per heavy atom. The molecule has 1 aromatic heterocycles. The number of hydrogen-bond acceptors (Lipinski definition) is 3. The van der Waals surface area contributed by atoms with Crippen LogP contribution in [0.15, 0.2) is 47.4 Å². The predicted molar refractivity (Wildman–Crippen MR) is 72.1 cm³/mol. The van der Waals surface area contributed by atoms with Gasteiger partial charge in [0.2, 0.25) is 5.56 Å². The number of hydrogen-bond donors (Lipinski definition) is 1. The topological polar surface area (TPSA) is 43.3 Å². The lowest BCUT2D eigenvalue weighted by molar-refractivity contribution is -0.274. The summed E-state index contributed by atoms with van der Waals surface area (Å²) in [7, 11) is 1.59. The molecule has 2 rings (SSSR count). The first kappa shape index (κ1) is 15.0. The summed E-state index contributed by atoms with van der Waals surface area (Å²) < 4.78 is 42.2. The van der Waals surface area contributed by atoms with E-state index in [1.807, 2.05) is 0 Å². The Morgan fingerprint density at radius 3 is 2.57 bits per heavy atom. The molecule has 1 N–H and O–H groups in total. The van der Waals surface area contributed by atoms with Gasteiger partial charge < -0.3 is 14.6 Å². The van der Waals surface area contributed by atoms with Gasteiger partial charge >= 0.3 is 6.36 Å². The van der Waals surface area contributed by atoms with E-state index in [1.54, 1.807) is 25.4 Å². The second-order valence-corrected chi connectivity index (χ2v) is 4.38. The van der Waals surface area contributed by atoms with Crippen LogP contribution in [0.2, 0.25) is 0 Å². The lowest BCUT2D eigenvalue weighted by atomic mass is 10.2. The SMILES string of the molecule is Cn1cc(NCc2ccccc2OC(F)(F)F)ccc1=O. The van der Waals surface area contributed by atoms with Gasteiger partial charge in [0.05, 0.1) is 5.69 Å². The zero-order valence-corrected chi connectivity index (χ0v) is 11.1. The summed E-state index contributed by atoms with van der Waals surface area (Å²) in [5.74, 6) is -0.248. The second-order valence-electron chi connectivity index (χ2n) is 4.38. The van der Waals surface area contributed by atoms with E-state index >= 15 is 0 Å². The van der Waals surface area contributed by atoms with E-state index in [0.29, 0.717) is 11.3 Å². The van der Waals surface area contributed by atoms with Gasteiger partial charge in [-0.25, -0.2) is 0 Å². The molecule has 4 nitrogen and oxygen atoms in total. The predicted octanol–water partition coefficient (Wildman–Crippen LogP) is 2.90. The average molecular weight is 298 g/mol. The standard InChI is InChI=1S/C14H13F3N2O2/c1-19-9-11(6-7-13(19)20)18-8-10-4-2-3-5-12(10)21-14(15,16)17/h2-7,9,18H,8H2,1H3. The molecule has 0 saturated heterocycles. The van der Waals surface area contributed by atoms with E-state index in [1.165, 1.54) is 28.8 Å². The smallest absolute Gasteiger partial charge is 0.405 e. The third-order valence-corrected chi connectivity index (χ3v) is 2.77. The highest BCUT2D eigenvalue weighted by atomic mass is 19.4.